The van der Waals surface area contributed by atoms with Gasteiger partial charge in [0.15, 0.2) is 0 Å². The zero-order valence-corrected chi connectivity index (χ0v) is 15.0. The molecule has 0 radical (unpaired) electrons. The molecule has 0 aliphatic heterocycles. The van der Waals surface area contributed by atoms with Crippen molar-refractivity contribution in [2.75, 3.05) is 7.11 Å². The van der Waals surface area contributed by atoms with Gasteiger partial charge in [0, 0.05) is 16.1 Å². The first-order valence-corrected chi connectivity index (χ1v) is 8.68. The van der Waals surface area contributed by atoms with Crippen molar-refractivity contribution in [3.63, 3.8) is 0 Å². The Morgan fingerprint density at radius 1 is 0.808 bits per heavy atom. The van der Waals surface area contributed by atoms with Crippen LogP contribution in [0.2, 0.25) is 5.02 Å². The first-order chi connectivity index (χ1) is 12.7. The van der Waals surface area contributed by atoms with Crippen molar-refractivity contribution in [1.82, 2.24) is 9.78 Å². The molecule has 0 aliphatic carbocycles. The van der Waals surface area contributed by atoms with Gasteiger partial charge >= 0.3 is 0 Å². The highest BCUT2D eigenvalue weighted by Crippen LogP contribution is 2.29. The maximum absolute atomic E-state index is 6.02. The number of nitrogens with zero attached hydrogens (tertiary/aromatic N) is 2. The van der Waals surface area contributed by atoms with Crippen LogP contribution in [0.5, 0.6) is 5.75 Å². The molecule has 1 aromatic heterocycles. The lowest BCUT2D eigenvalue weighted by Gasteiger charge is -2.08. The van der Waals surface area contributed by atoms with Gasteiger partial charge in [-0.05, 0) is 42.5 Å². The van der Waals surface area contributed by atoms with Gasteiger partial charge in [0.2, 0.25) is 0 Å². The summed E-state index contributed by atoms with van der Waals surface area (Å²) < 4.78 is 7.22. The van der Waals surface area contributed by atoms with E-state index >= 15 is 0 Å². The molecule has 0 unspecified atom stereocenters. The molecule has 26 heavy (non-hydrogen) atoms. The molecule has 0 saturated carbocycles. The van der Waals surface area contributed by atoms with Crippen LogP contribution in [0.15, 0.2) is 84.9 Å². The molecule has 1 heterocycles. The molecule has 0 spiro atoms. The van der Waals surface area contributed by atoms with Gasteiger partial charge in [0.25, 0.3) is 0 Å². The Balaban J connectivity index is 1.86. The van der Waals surface area contributed by atoms with Crippen molar-refractivity contribution in [3.05, 3.63) is 90.0 Å². The lowest BCUT2D eigenvalue weighted by molar-refractivity contribution is 0.414. The van der Waals surface area contributed by atoms with Crippen LogP contribution in [0.1, 0.15) is 0 Å². The van der Waals surface area contributed by atoms with Crippen LogP contribution in [0, 0.1) is 0 Å². The molecular weight excluding hydrogens is 344 g/mol. The summed E-state index contributed by atoms with van der Waals surface area (Å²) in [5.41, 5.74) is 5.04. The molecule has 0 aliphatic rings. The van der Waals surface area contributed by atoms with Crippen LogP contribution in [0.4, 0.5) is 0 Å². The first kappa shape index (κ1) is 16.4. The maximum atomic E-state index is 6.02. The summed E-state index contributed by atoms with van der Waals surface area (Å²) in [7, 11) is 1.66. The lowest BCUT2D eigenvalue weighted by Crippen LogP contribution is -1.99. The Labute approximate surface area is 157 Å². The summed E-state index contributed by atoms with van der Waals surface area (Å²) in [5.74, 6) is 0.820. The second-order valence-corrected chi connectivity index (χ2v) is 6.33. The zero-order valence-electron chi connectivity index (χ0n) is 14.3. The third kappa shape index (κ3) is 3.22. The van der Waals surface area contributed by atoms with Crippen LogP contribution in [-0.2, 0) is 0 Å². The topological polar surface area (TPSA) is 27.1 Å². The number of benzene rings is 3. The molecule has 4 rings (SSSR count). The minimum Gasteiger partial charge on any atom is -0.497 e. The van der Waals surface area contributed by atoms with E-state index in [1.54, 1.807) is 7.11 Å². The average molecular weight is 361 g/mol. The highest BCUT2D eigenvalue weighted by Gasteiger charge is 2.13. The van der Waals surface area contributed by atoms with Crippen LogP contribution >= 0.6 is 11.6 Å². The number of aromatic nitrogens is 2. The second kappa shape index (κ2) is 7.06. The van der Waals surface area contributed by atoms with E-state index in [4.69, 9.17) is 21.4 Å². The number of hydrogen-bond donors (Lipinski definition) is 0. The zero-order chi connectivity index (χ0) is 17.9. The Bertz CT molecular complexity index is 1010. The van der Waals surface area contributed by atoms with Crippen LogP contribution in [0.25, 0.3) is 28.2 Å². The monoisotopic (exact) mass is 360 g/mol. The van der Waals surface area contributed by atoms with E-state index in [1.807, 2.05) is 71.4 Å². The number of methoxy groups -OCH3 is 1. The molecule has 0 atom stereocenters. The Hall–Kier alpha value is -3.04. The molecule has 0 saturated heterocycles. The highest BCUT2D eigenvalue weighted by molar-refractivity contribution is 6.30. The number of hydrogen-bond acceptors (Lipinski definition) is 2. The summed E-state index contributed by atoms with van der Waals surface area (Å²) in [4.78, 5) is 0. The minimum atomic E-state index is 0.714. The van der Waals surface area contributed by atoms with E-state index in [0.29, 0.717) is 5.02 Å². The fourth-order valence-corrected chi connectivity index (χ4v) is 3.00. The van der Waals surface area contributed by atoms with Crippen molar-refractivity contribution in [2.45, 2.75) is 0 Å². The van der Waals surface area contributed by atoms with Gasteiger partial charge in [-0.2, -0.15) is 5.10 Å². The molecule has 0 fully saturated rings. The normalized spacial score (nSPS) is 10.7. The molecular formula is C22H17ClN2O. The van der Waals surface area contributed by atoms with Gasteiger partial charge in [0.05, 0.1) is 24.2 Å². The minimum absolute atomic E-state index is 0.714. The van der Waals surface area contributed by atoms with Gasteiger partial charge in [-0.25, -0.2) is 4.68 Å². The predicted molar refractivity (Wildman–Crippen MR) is 106 cm³/mol. The summed E-state index contributed by atoms with van der Waals surface area (Å²) in [6.07, 6.45) is 0. The Morgan fingerprint density at radius 2 is 1.50 bits per heavy atom. The number of halogens is 1. The summed E-state index contributed by atoms with van der Waals surface area (Å²) >= 11 is 6.02. The highest BCUT2D eigenvalue weighted by atomic mass is 35.5. The second-order valence-electron chi connectivity index (χ2n) is 5.90. The van der Waals surface area contributed by atoms with Crippen molar-refractivity contribution < 1.29 is 4.74 Å². The molecule has 3 aromatic carbocycles. The third-order valence-corrected chi connectivity index (χ3v) is 4.49. The molecule has 0 N–H and O–H groups in total. The third-order valence-electron chi connectivity index (χ3n) is 4.24. The van der Waals surface area contributed by atoms with Gasteiger partial charge in [-0.15, -0.1) is 0 Å². The molecule has 0 amide bonds. The van der Waals surface area contributed by atoms with E-state index < -0.39 is 0 Å². The van der Waals surface area contributed by atoms with E-state index in [9.17, 15) is 0 Å². The molecule has 3 nitrogen and oxygen atoms in total. The van der Waals surface area contributed by atoms with Gasteiger partial charge < -0.3 is 4.74 Å². The van der Waals surface area contributed by atoms with Gasteiger partial charge in [0.1, 0.15) is 5.75 Å². The quantitative estimate of drug-likeness (QED) is 0.455. The van der Waals surface area contributed by atoms with Gasteiger partial charge in [-0.3, -0.25) is 0 Å². The smallest absolute Gasteiger partial charge is 0.119 e. The summed E-state index contributed by atoms with van der Waals surface area (Å²) in [5, 5.41) is 5.56. The van der Waals surface area contributed by atoms with Crippen molar-refractivity contribution in [3.8, 4) is 34.0 Å². The lowest BCUT2D eigenvalue weighted by atomic mass is 10.1. The van der Waals surface area contributed by atoms with E-state index in [-0.39, 0.29) is 0 Å². The number of ether oxygens (including phenoxy) is 1. The molecule has 0 bridgehead atoms. The summed E-state index contributed by atoms with van der Waals surface area (Å²) in [6, 6.07) is 28.0. The van der Waals surface area contributed by atoms with Crippen molar-refractivity contribution in [1.29, 1.82) is 0 Å². The predicted octanol–water partition coefficient (Wildman–Crippen LogP) is 5.87. The van der Waals surface area contributed by atoms with Crippen molar-refractivity contribution in [2.24, 2.45) is 0 Å². The van der Waals surface area contributed by atoms with Crippen LogP contribution in [-0.4, -0.2) is 16.9 Å². The maximum Gasteiger partial charge on any atom is 0.119 e. The molecule has 4 heteroatoms. The van der Waals surface area contributed by atoms with E-state index in [1.165, 1.54) is 0 Å². The van der Waals surface area contributed by atoms with Crippen LogP contribution in [0.3, 0.4) is 0 Å². The fourth-order valence-electron chi connectivity index (χ4n) is 2.88. The SMILES string of the molecule is COc1ccc(-n2nc(-c3ccc(Cl)cc3)cc2-c2ccccc2)cc1. The molecule has 4 aromatic rings. The largest absolute Gasteiger partial charge is 0.497 e. The van der Waals surface area contributed by atoms with E-state index in [0.717, 1.165) is 34.0 Å². The van der Waals surface area contributed by atoms with E-state index in [2.05, 4.69) is 18.2 Å². The first-order valence-electron chi connectivity index (χ1n) is 8.30. The number of rotatable bonds is 4. The summed E-state index contributed by atoms with van der Waals surface area (Å²) in [6.45, 7) is 0. The van der Waals surface area contributed by atoms with Gasteiger partial charge in [-0.1, -0.05) is 54.1 Å². The average Bonchev–Trinajstić information content (AvgIpc) is 3.15. The standard InChI is InChI=1S/C22H17ClN2O/c1-26-20-13-11-19(12-14-20)25-22(17-5-3-2-4-6-17)15-21(24-25)16-7-9-18(23)10-8-16/h2-15H,1H3. The Morgan fingerprint density at radius 3 is 2.15 bits per heavy atom. The van der Waals surface area contributed by atoms with Crippen molar-refractivity contribution >= 4 is 11.6 Å². The van der Waals surface area contributed by atoms with Crippen LogP contribution < -0.4 is 4.74 Å². The fraction of sp³-hybridized carbons (Fsp3) is 0.0455. The Kier molecular flexibility index (Phi) is 4.46. The molecule has 128 valence electrons.